The molecule has 21 heavy (non-hydrogen) atoms. The SMILES string of the molecule is CNCCn1cc(S(=O)(=O)N2CCCC(C)(OC)C2)cn1. The second kappa shape index (κ2) is 6.43. The van der Waals surface area contributed by atoms with Crippen molar-refractivity contribution in [2.45, 2.75) is 36.8 Å². The van der Waals surface area contributed by atoms with Crippen LogP contribution in [0.15, 0.2) is 17.3 Å². The van der Waals surface area contributed by atoms with Crippen LogP contribution in [0.25, 0.3) is 0 Å². The van der Waals surface area contributed by atoms with Crippen LogP contribution in [-0.2, 0) is 21.3 Å². The summed E-state index contributed by atoms with van der Waals surface area (Å²) in [4.78, 5) is 0.249. The molecule has 0 aliphatic carbocycles. The van der Waals surface area contributed by atoms with Gasteiger partial charge in [-0.15, -0.1) is 0 Å². The standard InChI is InChI=1S/C13H24N4O3S/c1-13(20-3)5-4-7-17(11-13)21(18,19)12-9-15-16(10-12)8-6-14-2/h9-10,14H,4-8,11H2,1-3H3. The molecular weight excluding hydrogens is 292 g/mol. The molecule has 1 atom stereocenters. The normalized spacial score (nSPS) is 24.3. The number of hydrogen-bond donors (Lipinski definition) is 1. The van der Waals surface area contributed by atoms with Gasteiger partial charge >= 0.3 is 0 Å². The van der Waals surface area contributed by atoms with Gasteiger partial charge in [-0.05, 0) is 26.8 Å². The highest BCUT2D eigenvalue weighted by molar-refractivity contribution is 7.89. The molecule has 0 spiro atoms. The van der Waals surface area contributed by atoms with Gasteiger partial charge in [-0.25, -0.2) is 8.42 Å². The molecule has 8 heteroatoms. The highest BCUT2D eigenvalue weighted by atomic mass is 32.2. The third-order valence-corrected chi connectivity index (χ3v) is 5.75. The summed E-state index contributed by atoms with van der Waals surface area (Å²) in [6.45, 7) is 4.25. The van der Waals surface area contributed by atoms with Crippen LogP contribution in [0.5, 0.6) is 0 Å². The number of ether oxygens (including phenoxy) is 1. The number of nitrogens with zero attached hydrogens (tertiary/aromatic N) is 3. The molecule has 1 aromatic rings. The zero-order valence-electron chi connectivity index (χ0n) is 12.9. The fourth-order valence-corrected chi connectivity index (χ4v) is 4.05. The summed E-state index contributed by atoms with van der Waals surface area (Å²) in [6, 6.07) is 0. The second-order valence-corrected chi connectivity index (χ2v) is 7.58. The van der Waals surface area contributed by atoms with Crippen LogP contribution in [0.1, 0.15) is 19.8 Å². The second-order valence-electron chi connectivity index (χ2n) is 5.64. The van der Waals surface area contributed by atoms with E-state index in [1.54, 1.807) is 18.0 Å². The molecule has 1 saturated heterocycles. The number of rotatable bonds is 6. The summed E-state index contributed by atoms with van der Waals surface area (Å²) in [7, 11) is -0.0192. The fraction of sp³-hybridized carbons (Fsp3) is 0.769. The van der Waals surface area contributed by atoms with Gasteiger partial charge in [-0.2, -0.15) is 9.40 Å². The molecular formula is C13H24N4O3S. The Hall–Kier alpha value is -0.960. The molecule has 2 rings (SSSR count). The van der Waals surface area contributed by atoms with E-state index >= 15 is 0 Å². The molecule has 7 nitrogen and oxygen atoms in total. The number of aromatic nitrogens is 2. The lowest BCUT2D eigenvalue weighted by molar-refractivity contribution is -0.0319. The Labute approximate surface area is 126 Å². The average molecular weight is 316 g/mol. The van der Waals surface area contributed by atoms with E-state index in [-0.39, 0.29) is 4.90 Å². The number of methoxy groups -OCH3 is 1. The van der Waals surface area contributed by atoms with Crippen molar-refractivity contribution in [3.8, 4) is 0 Å². The number of likely N-dealkylation sites (N-methyl/N-ethyl adjacent to an activating group) is 1. The van der Waals surface area contributed by atoms with Crippen molar-refractivity contribution in [3.63, 3.8) is 0 Å². The van der Waals surface area contributed by atoms with Crippen molar-refractivity contribution in [2.75, 3.05) is 33.8 Å². The maximum Gasteiger partial charge on any atom is 0.246 e. The van der Waals surface area contributed by atoms with Gasteiger partial charge in [0.2, 0.25) is 10.0 Å². The van der Waals surface area contributed by atoms with Crippen LogP contribution < -0.4 is 5.32 Å². The first-order chi connectivity index (χ1) is 9.91. The van der Waals surface area contributed by atoms with Crippen molar-refractivity contribution >= 4 is 10.0 Å². The quantitative estimate of drug-likeness (QED) is 0.816. The van der Waals surface area contributed by atoms with Crippen LogP contribution in [0.3, 0.4) is 0 Å². The highest BCUT2D eigenvalue weighted by Gasteiger charge is 2.37. The lowest BCUT2D eigenvalue weighted by atomic mass is 9.96. The summed E-state index contributed by atoms with van der Waals surface area (Å²) < 4.78 is 34.0. The Kier molecular flexibility index (Phi) is 5.03. The highest BCUT2D eigenvalue weighted by Crippen LogP contribution is 2.28. The van der Waals surface area contributed by atoms with E-state index in [0.29, 0.717) is 19.6 Å². The largest absolute Gasteiger partial charge is 0.377 e. The van der Waals surface area contributed by atoms with Gasteiger partial charge in [-0.1, -0.05) is 0 Å². The van der Waals surface area contributed by atoms with Crippen LogP contribution in [-0.4, -0.2) is 61.9 Å². The first kappa shape index (κ1) is 16.4. The van der Waals surface area contributed by atoms with E-state index < -0.39 is 15.6 Å². The number of piperidine rings is 1. The lowest BCUT2D eigenvalue weighted by Crippen LogP contribution is -2.49. The topological polar surface area (TPSA) is 76.5 Å². The van der Waals surface area contributed by atoms with E-state index in [2.05, 4.69) is 10.4 Å². The van der Waals surface area contributed by atoms with Crippen LogP contribution in [0, 0.1) is 0 Å². The minimum Gasteiger partial charge on any atom is -0.377 e. The molecule has 2 heterocycles. The first-order valence-electron chi connectivity index (χ1n) is 7.14. The molecule has 1 N–H and O–H groups in total. The van der Waals surface area contributed by atoms with Gasteiger partial charge in [0.15, 0.2) is 0 Å². The lowest BCUT2D eigenvalue weighted by Gasteiger charge is -2.38. The summed E-state index contributed by atoms with van der Waals surface area (Å²) >= 11 is 0. The van der Waals surface area contributed by atoms with Crippen molar-refractivity contribution < 1.29 is 13.2 Å². The minimum atomic E-state index is -3.50. The summed E-state index contributed by atoms with van der Waals surface area (Å²) in [6.07, 6.45) is 4.68. The van der Waals surface area contributed by atoms with Gasteiger partial charge in [0, 0.05) is 32.9 Å². The van der Waals surface area contributed by atoms with E-state index in [4.69, 9.17) is 4.74 Å². The number of nitrogens with one attached hydrogen (secondary N) is 1. The summed E-state index contributed by atoms with van der Waals surface area (Å²) in [5, 5.41) is 7.12. The predicted molar refractivity (Wildman–Crippen MR) is 79.6 cm³/mol. The molecule has 1 aromatic heterocycles. The van der Waals surface area contributed by atoms with Crippen LogP contribution >= 0.6 is 0 Å². The Morgan fingerprint density at radius 1 is 1.52 bits per heavy atom. The van der Waals surface area contributed by atoms with Gasteiger partial charge in [0.25, 0.3) is 0 Å². The van der Waals surface area contributed by atoms with E-state index in [0.717, 1.165) is 19.4 Å². The van der Waals surface area contributed by atoms with Gasteiger partial charge < -0.3 is 10.1 Å². The molecule has 0 radical (unpaired) electrons. The summed E-state index contributed by atoms with van der Waals surface area (Å²) in [5.41, 5.74) is -0.409. The Bertz CT molecular complexity index is 572. The monoisotopic (exact) mass is 316 g/mol. The minimum absolute atomic E-state index is 0.249. The Balaban J connectivity index is 2.15. The van der Waals surface area contributed by atoms with Crippen LogP contribution in [0.4, 0.5) is 0 Å². The van der Waals surface area contributed by atoms with Crippen LogP contribution in [0.2, 0.25) is 0 Å². The van der Waals surface area contributed by atoms with E-state index in [1.807, 2.05) is 14.0 Å². The van der Waals surface area contributed by atoms with Gasteiger partial charge in [0.1, 0.15) is 4.90 Å². The molecule has 0 bridgehead atoms. The summed E-state index contributed by atoms with van der Waals surface area (Å²) in [5.74, 6) is 0. The van der Waals surface area contributed by atoms with Crippen molar-refractivity contribution in [1.29, 1.82) is 0 Å². The maximum atomic E-state index is 12.7. The molecule has 120 valence electrons. The molecule has 0 aromatic carbocycles. The number of sulfonamides is 1. The van der Waals surface area contributed by atoms with Gasteiger partial charge in [0.05, 0.1) is 18.3 Å². The first-order valence-corrected chi connectivity index (χ1v) is 8.58. The predicted octanol–water partition coefficient (Wildman–Crippen LogP) is 0.292. The van der Waals surface area contributed by atoms with E-state index in [1.165, 1.54) is 10.5 Å². The smallest absolute Gasteiger partial charge is 0.246 e. The Morgan fingerprint density at radius 3 is 2.95 bits per heavy atom. The maximum absolute atomic E-state index is 12.7. The van der Waals surface area contributed by atoms with Crippen molar-refractivity contribution in [3.05, 3.63) is 12.4 Å². The third kappa shape index (κ3) is 3.63. The Morgan fingerprint density at radius 2 is 2.29 bits per heavy atom. The molecule has 0 amide bonds. The third-order valence-electron chi connectivity index (χ3n) is 3.95. The fourth-order valence-electron chi connectivity index (χ4n) is 2.51. The molecule has 1 aliphatic rings. The van der Waals surface area contributed by atoms with Crippen molar-refractivity contribution in [2.24, 2.45) is 0 Å². The van der Waals surface area contributed by atoms with E-state index in [9.17, 15) is 8.42 Å². The van der Waals surface area contributed by atoms with Gasteiger partial charge in [-0.3, -0.25) is 4.68 Å². The molecule has 1 aliphatic heterocycles. The molecule has 1 fully saturated rings. The zero-order valence-corrected chi connectivity index (χ0v) is 13.7. The van der Waals surface area contributed by atoms with Crippen molar-refractivity contribution in [1.82, 2.24) is 19.4 Å². The average Bonchev–Trinajstić information content (AvgIpc) is 2.95. The zero-order chi connectivity index (χ0) is 15.5. The number of hydrogen-bond acceptors (Lipinski definition) is 5. The molecule has 1 unspecified atom stereocenters. The molecule has 0 saturated carbocycles.